The van der Waals surface area contributed by atoms with Gasteiger partial charge < -0.3 is 9.64 Å². The zero-order chi connectivity index (χ0) is 17.5. The third-order valence-electron chi connectivity index (χ3n) is 5.62. The van der Waals surface area contributed by atoms with Crippen molar-refractivity contribution in [2.45, 2.75) is 38.5 Å². The Labute approximate surface area is 152 Å². The van der Waals surface area contributed by atoms with E-state index < -0.39 is 0 Å². The number of hydrogen-bond donors (Lipinski definition) is 0. The van der Waals surface area contributed by atoms with E-state index in [0.29, 0.717) is 5.92 Å². The molecule has 1 atom stereocenters. The standard InChI is InChI=1S/C23H31NO/c1-19(22-9-6-10-23(18-22)25-2)11-14-24-15-12-21(13-16-24)17-20-7-4-3-5-8-20/h3-10,18-19,21H,11-17H2,1-2H3. The van der Waals surface area contributed by atoms with E-state index >= 15 is 0 Å². The first-order valence-electron chi connectivity index (χ1n) is 9.65. The van der Waals surface area contributed by atoms with Gasteiger partial charge in [-0.05, 0) is 80.4 Å². The normalized spacial score (nSPS) is 17.4. The third kappa shape index (κ3) is 5.34. The molecule has 1 heterocycles. The Morgan fingerprint density at radius 3 is 2.52 bits per heavy atom. The lowest BCUT2D eigenvalue weighted by Gasteiger charge is -2.32. The molecule has 1 aliphatic heterocycles. The van der Waals surface area contributed by atoms with Crippen molar-refractivity contribution in [1.29, 1.82) is 0 Å². The molecule has 1 fully saturated rings. The number of nitrogens with zero attached hydrogens (tertiary/aromatic N) is 1. The van der Waals surface area contributed by atoms with Crippen molar-refractivity contribution in [2.75, 3.05) is 26.7 Å². The Balaban J connectivity index is 1.41. The first kappa shape index (κ1) is 18.0. The van der Waals surface area contributed by atoms with Crippen LogP contribution in [-0.4, -0.2) is 31.6 Å². The Kier molecular flexibility index (Phi) is 6.52. The highest BCUT2D eigenvalue weighted by atomic mass is 16.5. The second kappa shape index (κ2) is 9.05. The minimum Gasteiger partial charge on any atom is -0.497 e. The number of methoxy groups -OCH3 is 1. The summed E-state index contributed by atoms with van der Waals surface area (Å²) in [6, 6.07) is 19.5. The molecule has 0 saturated carbocycles. The molecule has 1 unspecified atom stereocenters. The molecule has 0 radical (unpaired) electrons. The number of piperidine rings is 1. The van der Waals surface area contributed by atoms with Gasteiger partial charge >= 0.3 is 0 Å². The molecule has 0 spiro atoms. The topological polar surface area (TPSA) is 12.5 Å². The molecule has 0 aromatic heterocycles. The van der Waals surface area contributed by atoms with Gasteiger partial charge in [0.2, 0.25) is 0 Å². The molecular weight excluding hydrogens is 306 g/mol. The van der Waals surface area contributed by atoms with Crippen molar-refractivity contribution in [2.24, 2.45) is 5.92 Å². The summed E-state index contributed by atoms with van der Waals surface area (Å²) in [5.41, 5.74) is 2.88. The monoisotopic (exact) mass is 337 g/mol. The fourth-order valence-corrected chi connectivity index (χ4v) is 3.85. The largest absolute Gasteiger partial charge is 0.497 e. The Hall–Kier alpha value is -1.80. The van der Waals surface area contributed by atoms with Crippen LogP contribution in [0.4, 0.5) is 0 Å². The summed E-state index contributed by atoms with van der Waals surface area (Å²) in [7, 11) is 1.74. The molecule has 0 bridgehead atoms. The minimum absolute atomic E-state index is 0.581. The van der Waals surface area contributed by atoms with Gasteiger partial charge in [-0.2, -0.15) is 0 Å². The number of hydrogen-bond acceptors (Lipinski definition) is 2. The van der Waals surface area contributed by atoms with Crippen LogP contribution in [0, 0.1) is 5.92 Å². The number of likely N-dealkylation sites (tertiary alicyclic amines) is 1. The third-order valence-corrected chi connectivity index (χ3v) is 5.62. The number of ether oxygens (including phenoxy) is 1. The zero-order valence-electron chi connectivity index (χ0n) is 15.7. The Bertz CT molecular complexity index is 632. The molecule has 2 aromatic rings. The molecule has 0 amide bonds. The SMILES string of the molecule is COc1cccc(C(C)CCN2CCC(Cc3ccccc3)CC2)c1. The van der Waals surface area contributed by atoms with Crippen LogP contribution in [-0.2, 0) is 6.42 Å². The van der Waals surface area contributed by atoms with E-state index in [4.69, 9.17) is 4.74 Å². The average Bonchev–Trinajstić information content (AvgIpc) is 2.68. The molecule has 2 nitrogen and oxygen atoms in total. The lowest BCUT2D eigenvalue weighted by Crippen LogP contribution is -2.35. The van der Waals surface area contributed by atoms with Gasteiger partial charge in [0.15, 0.2) is 0 Å². The minimum atomic E-state index is 0.581. The predicted octanol–water partition coefficient (Wildman–Crippen LogP) is 5.14. The second-order valence-corrected chi connectivity index (χ2v) is 7.44. The van der Waals surface area contributed by atoms with Crippen molar-refractivity contribution in [3.05, 3.63) is 65.7 Å². The van der Waals surface area contributed by atoms with E-state index in [1.807, 2.05) is 6.07 Å². The Morgan fingerprint density at radius 1 is 1.04 bits per heavy atom. The van der Waals surface area contributed by atoms with Crippen LogP contribution in [0.3, 0.4) is 0 Å². The maximum Gasteiger partial charge on any atom is 0.119 e. The quantitative estimate of drug-likeness (QED) is 0.693. The van der Waals surface area contributed by atoms with Crippen LogP contribution < -0.4 is 4.74 Å². The highest BCUT2D eigenvalue weighted by Crippen LogP contribution is 2.25. The van der Waals surface area contributed by atoms with Crippen LogP contribution in [0.5, 0.6) is 5.75 Å². The van der Waals surface area contributed by atoms with Gasteiger partial charge in [-0.15, -0.1) is 0 Å². The van der Waals surface area contributed by atoms with E-state index in [2.05, 4.69) is 60.4 Å². The summed E-state index contributed by atoms with van der Waals surface area (Å²) in [6.07, 6.45) is 5.14. The maximum absolute atomic E-state index is 5.35. The summed E-state index contributed by atoms with van der Waals surface area (Å²) in [4.78, 5) is 2.65. The predicted molar refractivity (Wildman–Crippen MR) is 105 cm³/mol. The molecule has 25 heavy (non-hydrogen) atoms. The summed E-state index contributed by atoms with van der Waals surface area (Å²) in [5.74, 6) is 2.40. The lowest BCUT2D eigenvalue weighted by atomic mass is 9.89. The van der Waals surface area contributed by atoms with Gasteiger partial charge in [0.25, 0.3) is 0 Å². The lowest BCUT2D eigenvalue weighted by molar-refractivity contribution is 0.179. The molecule has 0 N–H and O–H groups in total. The van der Waals surface area contributed by atoms with Crippen LogP contribution in [0.1, 0.15) is 43.2 Å². The van der Waals surface area contributed by atoms with Crippen LogP contribution in [0.2, 0.25) is 0 Å². The van der Waals surface area contributed by atoms with Crippen LogP contribution >= 0.6 is 0 Å². The smallest absolute Gasteiger partial charge is 0.119 e. The number of rotatable bonds is 7. The molecule has 3 rings (SSSR count). The fraction of sp³-hybridized carbons (Fsp3) is 0.478. The highest BCUT2D eigenvalue weighted by molar-refractivity contribution is 5.30. The van der Waals surface area contributed by atoms with E-state index in [-0.39, 0.29) is 0 Å². The zero-order valence-corrected chi connectivity index (χ0v) is 15.7. The molecule has 2 aromatic carbocycles. The van der Waals surface area contributed by atoms with E-state index in [9.17, 15) is 0 Å². The summed E-state index contributed by atoms with van der Waals surface area (Å²) < 4.78 is 5.35. The van der Waals surface area contributed by atoms with Gasteiger partial charge in [0.05, 0.1) is 7.11 Å². The first-order chi connectivity index (χ1) is 12.2. The molecular formula is C23H31NO. The first-order valence-corrected chi connectivity index (χ1v) is 9.65. The Morgan fingerprint density at radius 2 is 1.80 bits per heavy atom. The summed E-state index contributed by atoms with van der Waals surface area (Å²) in [6.45, 7) is 6.04. The van der Waals surface area contributed by atoms with Gasteiger partial charge in [-0.25, -0.2) is 0 Å². The highest BCUT2D eigenvalue weighted by Gasteiger charge is 2.20. The van der Waals surface area contributed by atoms with Gasteiger partial charge in [0.1, 0.15) is 5.75 Å². The fourth-order valence-electron chi connectivity index (χ4n) is 3.85. The van der Waals surface area contributed by atoms with Crippen molar-refractivity contribution in [1.82, 2.24) is 4.90 Å². The summed E-state index contributed by atoms with van der Waals surface area (Å²) in [5, 5.41) is 0. The molecule has 1 saturated heterocycles. The second-order valence-electron chi connectivity index (χ2n) is 7.44. The van der Waals surface area contributed by atoms with Gasteiger partial charge in [-0.3, -0.25) is 0 Å². The van der Waals surface area contributed by atoms with Gasteiger partial charge in [0, 0.05) is 0 Å². The van der Waals surface area contributed by atoms with Crippen molar-refractivity contribution in [3.63, 3.8) is 0 Å². The molecule has 2 heteroatoms. The average molecular weight is 338 g/mol. The van der Waals surface area contributed by atoms with E-state index in [1.165, 1.54) is 56.4 Å². The molecule has 1 aliphatic rings. The number of benzene rings is 2. The maximum atomic E-state index is 5.35. The van der Waals surface area contributed by atoms with Crippen molar-refractivity contribution < 1.29 is 4.74 Å². The van der Waals surface area contributed by atoms with Gasteiger partial charge in [-0.1, -0.05) is 49.4 Å². The van der Waals surface area contributed by atoms with Crippen LogP contribution in [0.15, 0.2) is 54.6 Å². The summed E-state index contributed by atoms with van der Waals surface area (Å²) >= 11 is 0. The van der Waals surface area contributed by atoms with E-state index in [1.54, 1.807) is 7.11 Å². The van der Waals surface area contributed by atoms with Crippen molar-refractivity contribution in [3.8, 4) is 5.75 Å². The van der Waals surface area contributed by atoms with E-state index in [0.717, 1.165) is 11.7 Å². The van der Waals surface area contributed by atoms with Crippen molar-refractivity contribution >= 4 is 0 Å². The molecule has 0 aliphatic carbocycles. The molecule has 134 valence electrons. The van der Waals surface area contributed by atoms with Crippen LogP contribution in [0.25, 0.3) is 0 Å².